The molecule has 8 nitrogen and oxygen atoms in total. The van der Waals surface area contributed by atoms with Gasteiger partial charge in [-0.3, -0.25) is 9.52 Å². The second-order valence-corrected chi connectivity index (χ2v) is 11.9. The highest BCUT2D eigenvalue weighted by atomic mass is 35.5. The van der Waals surface area contributed by atoms with Crippen LogP contribution in [-0.2, 0) is 14.8 Å². The predicted molar refractivity (Wildman–Crippen MR) is 147 cm³/mol. The Balaban J connectivity index is 1.37. The topological polar surface area (TPSA) is 110 Å². The molecule has 0 saturated heterocycles. The fourth-order valence-corrected chi connectivity index (χ4v) is 6.54. The van der Waals surface area contributed by atoms with Crippen LogP contribution in [0.5, 0.6) is 5.75 Å². The normalized spacial score (nSPS) is 14.4. The highest BCUT2D eigenvalue weighted by Gasteiger charge is 2.22. The van der Waals surface area contributed by atoms with E-state index in [-0.39, 0.29) is 27.6 Å². The maximum atomic E-state index is 12.9. The second-order valence-electron chi connectivity index (χ2n) is 8.87. The predicted octanol–water partition coefficient (Wildman–Crippen LogP) is 6.34. The van der Waals surface area contributed by atoms with Gasteiger partial charge in [-0.15, -0.1) is 0 Å². The van der Waals surface area contributed by atoms with Crippen LogP contribution < -0.4 is 14.8 Å². The fraction of sp³-hybridized carbons (Fsp3) is 0.269. The molecule has 1 aliphatic carbocycles. The zero-order valence-corrected chi connectivity index (χ0v) is 22.4. The third-order valence-corrected chi connectivity index (χ3v) is 9.00. The Morgan fingerprint density at radius 2 is 1.81 bits per heavy atom. The molecule has 0 atom stereocenters. The van der Waals surface area contributed by atoms with Gasteiger partial charge < -0.3 is 10.1 Å². The average molecular weight is 557 g/mol. The van der Waals surface area contributed by atoms with Gasteiger partial charge in [-0.1, -0.05) is 48.3 Å². The third kappa shape index (κ3) is 5.71. The summed E-state index contributed by atoms with van der Waals surface area (Å²) in [5.74, 6) is 0.641. The molecule has 2 heterocycles. The van der Waals surface area contributed by atoms with Gasteiger partial charge in [-0.05, 0) is 60.9 Å². The zero-order valence-electron chi connectivity index (χ0n) is 20.0. The van der Waals surface area contributed by atoms with Gasteiger partial charge in [0.2, 0.25) is 5.91 Å². The number of aromatic nitrogens is 2. The monoisotopic (exact) mass is 556 g/mol. The van der Waals surface area contributed by atoms with E-state index < -0.39 is 10.0 Å². The molecule has 0 radical (unpaired) electrons. The maximum absolute atomic E-state index is 12.9. The van der Waals surface area contributed by atoms with E-state index in [4.69, 9.17) is 16.3 Å². The summed E-state index contributed by atoms with van der Waals surface area (Å²) in [5, 5.41) is 3.59. The number of amides is 1. The van der Waals surface area contributed by atoms with Crippen molar-refractivity contribution in [2.75, 3.05) is 17.1 Å². The number of nitrogens with one attached hydrogen (secondary N) is 2. The first-order chi connectivity index (χ1) is 17.8. The lowest BCUT2D eigenvalue weighted by atomic mass is 9.89. The number of halogens is 1. The smallest absolute Gasteiger partial charge is 0.261 e. The number of ether oxygens (including phenoxy) is 1. The molecule has 1 saturated carbocycles. The minimum absolute atomic E-state index is 0.0346. The molecule has 37 heavy (non-hydrogen) atoms. The number of hydrogen-bond acceptors (Lipinski definition) is 7. The largest absolute Gasteiger partial charge is 0.497 e. The van der Waals surface area contributed by atoms with Crippen LogP contribution in [0.2, 0.25) is 5.15 Å². The number of anilines is 2. The summed E-state index contributed by atoms with van der Waals surface area (Å²) in [7, 11) is -2.38. The molecule has 192 valence electrons. The first-order valence-electron chi connectivity index (χ1n) is 11.9. The number of methoxy groups -OCH3 is 1. The van der Waals surface area contributed by atoms with Crippen molar-refractivity contribution >= 4 is 59.9 Å². The van der Waals surface area contributed by atoms with Crippen molar-refractivity contribution in [2.24, 2.45) is 5.92 Å². The van der Waals surface area contributed by atoms with Gasteiger partial charge in [0.05, 0.1) is 27.9 Å². The molecule has 4 aromatic rings. The summed E-state index contributed by atoms with van der Waals surface area (Å²) >= 11 is 7.63. The number of fused-ring (bicyclic) bond motifs is 1. The van der Waals surface area contributed by atoms with Crippen LogP contribution in [0, 0.1) is 5.92 Å². The zero-order chi connectivity index (χ0) is 26.0. The Bertz CT molecular complexity index is 1550. The Kier molecular flexibility index (Phi) is 7.32. The van der Waals surface area contributed by atoms with Crippen molar-refractivity contribution in [3.8, 4) is 16.9 Å². The number of carbonyl (C=O) groups excluding carboxylic acids is 1. The van der Waals surface area contributed by atoms with Crippen molar-refractivity contribution in [1.82, 2.24) is 9.97 Å². The van der Waals surface area contributed by atoms with Gasteiger partial charge in [0.15, 0.2) is 10.3 Å². The van der Waals surface area contributed by atoms with E-state index in [1.165, 1.54) is 37.0 Å². The first kappa shape index (κ1) is 25.4. The Morgan fingerprint density at radius 3 is 2.54 bits per heavy atom. The first-order valence-corrected chi connectivity index (χ1v) is 14.5. The van der Waals surface area contributed by atoms with Crippen LogP contribution in [0.4, 0.5) is 10.8 Å². The van der Waals surface area contributed by atoms with Gasteiger partial charge in [0.1, 0.15) is 5.75 Å². The standard InChI is InChI=1S/C26H25ClN4O4S2/c1-35-19-8-10-20(11-9-19)37(33,34)31-22-13-18(15-28-24(22)27)17-7-12-21-23(14-17)36-26(29-21)30-25(32)16-5-3-2-4-6-16/h7-16,31H,2-6H2,1H3,(H,29,30,32). The van der Waals surface area contributed by atoms with Crippen molar-refractivity contribution in [3.05, 3.63) is 59.9 Å². The fourth-order valence-electron chi connectivity index (χ4n) is 4.37. The summed E-state index contributed by atoms with van der Waals surface area (Å²) in [4.78, 5) is 21.4. The van der Waals surface area contributed by atoms with Crippen molar-refractivity contribution in [3.63, 3.8) is 0 Å². The number of nitrogens with zero attached hydrogens (tertiary/aromatic N) is 2. The molecular weight excluding hydrogens is 532 g/mol. The Hall–Kier alpha value is -3.21. The molecule has 0 aliphatic heterocycles. The van der Waals surface area contributed by atoms with Crippen LogP contribution in [-0.4, -0.2) is 31.4 Å². The van der Waals surface area contributed by atoms with Gasteiger partial charge in [-0.25, -0.2) is 18.4 Å². The van der Waals surface area contributed by atoms with Crippen LogP contribution in [0.25, 0.3) is 21.3 Å². The molecule has 0 bridgehead atoms. The van der Waals surface area contributed by atoms with Gasteiger partial charge in [0.25, 0.3) is 10.0 Å². The van der Waals surface area contributed by atoms with Crippen LogP contribution in [0.3, 0.4) is 0 Å². The van der Waals surface area contributed by atoms with Gasteiger partial charge in [-0.2, -0.15) is 0 Å². The van der Waals surface area contributed by atoms with Crippen LogP contribution >= 0.6 is 22.9 Å². The quantitative estimate of drug-likeness (QED) is 0.257. The molecule has 2 N–H and O–H groups in total. The summed E-state index contributed by atoms with van der Waals surface area (Å²) < 4.78 is 34.3. The highest BCUT2D eigenvalue weighted by Crippen LogP contribution is 2.34. The summed E-state index contributed by atoms with van der Waals surface area (Å²) in [5.41, 5.74) is 2.44. The van der Waals surface area contributed by atoms with Crippen molar-refractivity contribution < 1.29 is 17.9 Å². The van der Waals surface area contributed by atoms with E-state index in [0.29, 0.717) is 16.4 Å². The molecule has 0 unspecified atom stereocenters. The molecule has 2 aromatic carbocycles. The van der Waals surface area contributed by atoms with Gasteiger partial charge in [0, 0.05) is 17.7 Å². The number of pyridine rings is 1. The lowest BCUT2D eigenvalue weighted by molar-refractivity contribution is -0.120. The Labute approximate surface area is 224 Å². The van der Waals surface area contributed by atoms with E-state index in [9.17, 15) is 13.2 Å². The second kappa shape index (κ2) is 10.6. The van der Waals surface area contributed by atoms with E-state index >= 15 is 0 Å². The summed E-state index contributed by atoms with van der Waals surface area (Å²) in [6.45, 7) is 0. The van der Waals surface area contributed by atoms with Gasteiger partial charge >= 0.3 is 0 Å². The van der Waals surface area contributed by atoms with Crippen molar-refractivity contribution in [1.29, 1.82) is 0 Å². The minimum Gasteiger partial charge on any atom is -0.497 e. The van der Waals surface area contributed by atoms with E-state index in [1.54, 1.807) is 24.4 Å². The maximum Gasteiger partial charge on any atom is 0.261 e. The lowest BCUT2D eigenvalue weighted by Gasteiger charge is -2.19. The highest BCUT2D eigenvalue weighted by molar-refractivity contribution is 7.92. The van der Waals surface area contributed by atoms with Crippen LogP contribution in [0.15, 0.2) is 59.6 Å². The van der Waals surface area contributed by atoms with Crippen molar-refractivity contribution in [2.45, 2.75) is 37.0 Å². The SMILES string of the molecule is COc1ccc(S(=O)(=O)Nc2cc(-c3ccc4nc(NC(=O)C5CCCCC5)sc4c3)cnc2Cl)cc1. The number of thiazole rings is 1. The van der Waals surface area contributed by atoms with E-state index in [2.05, 4.69) is 20.0 Å². The number of carbonyl (C=O) groups is 1. The molecule has 2 aromatic heterocycles. The Morgan fingerprint density at radius 1 is 1.05 bits per heavy atom. The molecule has 1 amide bonds. The molecule has 11 heteroatoms. The molecular formula is C26H25ClN4O4S2. The minimum atomic E-state index is -3.89. The average Bonchev–Trinajstić information content (AvgIpc) is 3.32. The summed E-state index contributed by atoms with van der Waals surface area (Å²) in [6.07, 6.45) is 6.81. The number of sulfonamides is 1. The molecule has 0 spiro atoms. The van der Waals surface area contributed by atoms with E-state index in [0.717, 1.165) is 41.5 Å². The number of hydrogen-bond donors (Lipinski definition) is 2. The molecule has 5 rings (SSSR count). The number of rotatable bonds is 7. The number of benzene rings is 2. The van der Waals surface area contributed by atoms with E-state index in [1.807, 2.05) is 18.2 Å². The lowest BCUT2D eigenvalue weighted by Crippen LogP contribution is -2.24. The third-order valence-electron chi connectivity index (χ3n) is 6.38. The van der Waals surface area contributed by atoms with Crippen LogP contribution in [0.1, 0.15) is 32.1 Å². The molecule has 1 fully saturated rings. The summed E-state index contributed by atoms with van der Waals surface area (Å²) in [6, 6.07) is 13.4. The molecule has 1 aliphatic rings.